The van der Waals surface area contributed by atoms with Crippen LogP contribution in [0.1, 0.15) is 127 Å². The molecule has 63 heavy (non-hydrogen) atoms. The van der Waals surface area contributed by atoms with Gasteiger partial charge in [0.15, 0.2) is 0 Å². The van der Waals surface area contributed by atoms with Gasteiger partial charge in [-0.1, -0.05) is 46.2 Å². The maximum atomic E-state index is 13.6. The summed E-state index contributed by atoms with van der Waals surface area (Å²) in [6, 6.07) is 18.4. The van der Waals surface area contributed by atoms with Crippen LogP contribution in [0.15, 0.2) is 54.6 Å². The minimum absolute atomic E-state index is 0.0349. The number of hydrogen-bond donors (Lipinski definition) is 2. The Labute approximate surface area is 374 Å². The maximum Gasteiger partial charge on any atom is 0.262 e. The summed E-state index contributed by atoms with van der Waals surface area (Å²) in [7, 11) is 0. The third-order valence-electron chi connectivity index (χ3n) is 14.6. The van der Waals surface area contributed by atoms with Gasteiger partial charge in [-0.3, -0.25) is 33.8 Å². The topological polar surface area (TPSA) is 169 Å². The lowest BCUT2D eigenvalue weighted by atomic mass is 9.49. The molecular weight excluding hydrogens is 818 g/mol. The third-order valence-corrected chi connectivity index (χ3v) is 14.9. The van der Waals surface area contributed by atoms with Gasteiger partial charge in [0.2, 0.25) is 5.91 Å². The number of nitrogens with one attached hydrogen (secondary N) is 1. The minimum Gasteiger partial charge on any atom is -0.489 e. The van der Waals surface area contributed by atoms with Gasteiger partial charge in [-0.05, 0) is 105 Å². The van der Waals surface area contributed by atoms with Crippen molar-refractivity contribution in [2.45, 2.75) is 123 Å². The molecule has 8 rings (SSSR count). The number of carbonyl (C=O) groups excluding carboxylic acids is 5. The fourth-order valence-electron chi connectivity index (χ4n) is 11.3. The number of carbonyl (C=O) groups is 5. The molecule has 3 fully saturated rings. The van der Waals surface area contributed by atoms with E-state index >= 15 is 0 Å². The molecule has 1 saturated carbocycles. The molecule has 4 amide bonds. The van der Waals surface area contributed by atoms with Crippen molar-refractivity contribution in [2.24, 2.45) is 16.6 Å². The number of nitriles is 1. The molecule has 13 nitrogen and oxygen atoms in total. The Hall–Kier alpha value is -5.29. The average Bonchev–Trinajstić information content (AvgIpc) is 3.80. The second-order valence-electron chi connectivity index (χ2n) is 19.2. The standard InChI is InChI=1S/C49H58ClN7O6/c1-6-36(58)12-14-41(42(52)59)57-44(61)38-23-31-27-56(28-32(31)24-39(38)45(57)62)35-17-21-55(22-18-35)34-15-19-54(20-16-34)33-10-7-29(8-11-33)43(60)53-46-48(2,3)47(49(46,4)5)63-37-13-9-30(26-51)40(50)25-37/h7-11,13,23-25,34-35,41,46-47H,6,12,14-22,27-28H2,1-5H3,(H2,52,59)(H,53,60)/t41?,46-,47-. The van der Waals surface area contributed by atoms with Gasteiger partial charge >= 0.3 is 0 Å². The van der Waals surface area contributed by atoms with E-state index in [9.17, 15) is 29.2 Å². The molecule has 3 aromatic carbocycles. The Bertz CT molecular complexity index is 2300. The van der Waals surface area contributed by atoms with Gasteiger partial charge in [0.1, 0.15) is 29.7 Å². The number of primary amides is 1. The predicted octanol–water partition coefficient (Wildman–Crippen LogP) is 6.48. The van der Waals surface area contributed by atoms with Crippen LogP contribution in [0.4, 0.5) is 5.69 Å². The van der Waals surface area contributed by atoms with E-state index in [1.807, 2.05) is 24.3 Å². The first-order valence-corrected chi connectivity index (χ1v) is 22.7. The van der Waals surface area contributed by atoms with Gasteiger partial charge < -0.3 is 25.6 Å². The first-order chi connectivity index (χ1) is 30.0. The Kier molecular flexibility index (Phi) is 12.2. The highest BCUT2D eigenvalue weighted by atomic mass is 35.5. The van der Waals surface area contributed by atoms with Gasteiger partial charge in [-0.2, -0.15) is 5.26 Å². The van der Waals surface area contributed by atoms with Crippen molar-refractivity contribution >= 4 is 46.7 Å². The predicted molar refractivity (Wildman–Crippen MR) is 239 cm³/mol. The van der Waals surface area contributed by atoms with Crippen molar-refractivity contribution < 1.29 is 28.7 Å². The summed E-state index contributed by atoms with van der Waals surface area (Å²) in [5.74, 6) is -1.38. The number of ketones is 1. The van der Waals surface area contributed by atoms with Crippen LogP contribution in [-0.2, 0) is 22.7 Å². The number of nitrogens with two attached hydrogens (primary N) is 1. The fraction of sp³-hybridized carbons (Fsp3) is 0.510. The molecule has 0 bridgehead atoms. The van der Waals surface area contributed by atoms with Crippen molar-refractivity contribution in [1.82, 2.24) is 20.0 Å². The number of piperidine rings is 2. The molecular formula is C49H58ClN7O6. The lowest BCUT2D eigenvalue weighted by Gasteiger charge is -2.63. The van der Waals surface area contributed by atoms with Gasteiger partial charge in [0.25, 0.3) is 17.7 Å². The van der Waals surface area contributed by atoms with Crippen LogP contribution >= 0.6 is 11.6 Å². The molecule has 0 spiro atoms. The number of amides is 4. The second-order valence-corrected chi connectivity index (χ2v) is 19.6. The summed E-state index contributed by atoms with van der Waals surface area (Å²) in [6.45, 7) is 15.5. The summed E-state index contributed by atoms with van der Waals surface area (Å²) >= 11 is 6.26. The highest BCUT2D eigenvalue weighted by Crippen LogP contribution is 2.55. The van der Waals surface area contributed by atoms with E-state index < -0.39 is 23.8 Å². The molecule has 332 valence electrons. The number of benzene rings is 3. The molecule has 0 radical (unpaired) electrons. The number of likely N-dealkylation sites (tertiary alicyclic amines) is 1. The van der Waals surface area contributed by atoms with E-state index in [0.29, 0.717) is 64.6 Å². The zero-order valence-corrected chi connectivity index (χ0v) is 37.7. The molecule has 1 atom stereocenters. The van der Waals surface area contributed by atoms with Gasteiger partial charge in [0, 0.05) is 85.3 Å². The lowest BCUT2D eigenvalue weighted by molar-refractivity contribution is -0.164. The van der Waals surface area contributed by atoms with Crippen LogP contribution < -0.4 is 20.7 Å². The van der Waals surface area contributed by atoms with Crippen molar-refractivity contribution in [2.75, 3.05) is 31.1 Å². The minimum atomic E-state index is -1.15. The number of halogens is 1. The van der Waals surface area contributed by atoms with E-state index in [-0.39, 0.29) is 47.5 Å². The van der Waals surface area contributed by atoms with E-state index in [0.717, 1.165) is 73.6 Å². The summed E-state index contributed by atoms with van der Waals surface area (Å²) in [4.78, 5) is 73.3. The Balaban J connectivity index is 0.794. The molecule has 14 heteroatoms. The van der Waals surface area contributed by atoms with Crippen molar-refractivity contribution in [3.05, 3.63) is 93.0 Å². The van der Waals surface area contributed by atoms with Gasteiger partial charge in [-0.25, -0.2) is 0 Å². The Morgan fingerprint density at radius 3 is 1.97 bits per heavy atom. The highest BCUT2D eigenvalue weighted by Gasteiger charge is 2.64. The van der Waals surface area contributed by atoms with Crippen LogP contribution in [0.3, 0.4) is 0 Å². The van der Waals surface area contributed by atoms with Crippen LogP contribution in [0.25, 0.3) is 0 Å². The third kappa shape index (κ3) is 8.33. The zero-order chi connectivity index (χ0) is 45.0. The maximum absolute atomic E-state index is 13.6. The van der Waals surface area contributed by atoms with E-state index in [1.54, 1.807) is 25.1 Å². The Morgan fingerprint density at radius 1 is 0.857 bits per heavy atom. The quantitative estimate of drug-likeness (QED) is 0.181. The molecule has 1 aliphatic carbocycles. The SMILES string of the molecule is CCC(=O)CCC(C(N)=O)N1C(=O)c2cc3c(cc2C1=O)CN(C1CCN(C2CCN(c4ccc(C(=O)N[C@H]5C(C)(C)[C@H](Oc6ccc(C#N)c(Cl)c6)C5(C)C)cc4)CC2)CC1)C3. The van der Waals surface area contributed by atoms with Crippen LogP contribution in [0.2, 0.25) is 5.02 Å². The number of hydrogen-bond acceptors (Lipinski definition) is 10. The molecule has 0 aromatic heterocycles. The monoisotopic (exact) mass is 875 g/mol. The molecule has 5 aliphatic rings. The highest BCUT2D eigenvalue weighted by molar-refractivity contribution is 6.31. The molecule has 4 heterocycles. The fourth-order valence-corrected chi connectivity index (χ4v) is 11.5. The summed E-state index contributed by atoms with van der Waals surface area (Å²) in [5, 5.41) is 12.9. The van der Waals surface area contributed by atoms with Crippen molar-refractivity contribution in [1.29, 1.82) is 5.26 Å². The smallest absolute Gasteiger partial charge is 0.262 e. The number of nitrogens with zero attached hydrogens (tertiary/aromatic N) is 5. The van der Waals surface area contributed by atoms with Crippen LogP contribution in [0, 0.1) is 22.2 Å². The molecule has 3 aromatic rings. The number of anilines is 1. The second kappa shape index (κ2) is 17.4. The van der Waals surface area contributed by atoms with Crippen molar-refractivity contribution in [3.63, 3.8) is 0 Å². The normalized spacial score (nSPS) is 22.8. The molecule has 3 N–H and O–H groups in total. The first-order valence-electron chi connectivity index (χ1n) is 22.4. The average molecular weight is 876 g/mol. The summed E-state index contributed by atoms with van der Waals surface area (Å²) < 4.78 is 6.40. The zero-order valence-electron chi connectivity index (χ0n) is 36.9. The molecule has 1 unspecified atom stereocenters. The summed E-state index contributed by atoms with van der Waals surface area (Å²) in [6.07, 6.45) is 4.49. The largest absolute Gasteiger partial charge is 0.489 e. The van der Waals surface area contributed by atoms with E-state index in [2.05, 4.69) is 65.9 Å². The van der Waals surface area contributed by atoms with Crippen LogP contribution in [-0.4, -0.2) is 101 Å². The lowest BCUT2D eigenvalue weighted by Crippen LogP contribution is -2.74. The first kappa shape index (κ1) is 44.3. The number of Topliss-reactive ketones (excluding diaryl/α,β-unsaturated/α-hetero) is 1. The molecule has 4 aliphatic heterocycles. The Morgan fingerprint density at radius 2 is 1.43 bits per heavy atom. The van der Waals surface area contributed by atoms with Crippen molar-refractivity contribution in [3.8, 4) is 11.8 Å². The van der Waals surface area contributed by atoms with Crippen LogP contribution in [0.5, 0.6) is 5.75 Å². The number of rotatable bonds is 13. The van der Waals surface area contributed by atoms with E-state index in [4.69, 9.17) is 22.1 Å². The molecule has 2 saturated heterocycles. The summed E-state index contributed by atoms with van der Waals surface area (Å²) in [5.41, 5.74) is 9.75. The number of fused-ring (bicyclic) bond motifs is 2. The number of imide groups is 1. The van der Waals surface area contributed by atoms with E-state index in [1.165, 1.54) is 0 Å². The van der Waals surface area contributed by atoms with Gasteiger partial charge in [-0.15, -0.1) is 0 Å². The number of ether oxygens (including phenoxy) is 1. The van der Waals surface area contributed by atoms with Gasteiger partial charge in [0.05, 0.1) is 21.7 Å².